The van der Waals surface area contributed by atoms with Crippen molar-refractivity contribution in [3.63, 3.8) is 0 Å². The molecule has 0 atom stereocenters. The fourth-order valence-electron chi connectivity index (χ4n) is 2.56. The van der Waals surface area contributed by atoms with Gasteiger partial charge in [-0.2, -0.15) is 0 Å². The van der Waals surface area contributed by atoms with Gasteiger partial charge in [0.25, 0.3) is 0 Å². The SMILES string of the molecule is O=C(Nc1cnccn1)N1CCN(Cc2ccc(Br)c(Br)c2)CC1. The maximum Gasteiger partial charge on any atom is 0.323 e. The number of hydrogen-bond donors (Lipinski definition) is 1. The van der Waals surface area contributed by atoms with Crippen molar-refractivity contribution in [1.82, 2.24) is 19.8 Å². The molecule has 0 spiro atoms. The average Bonchev–Trinajstić information content (AvgIpc) is 2.60. The van der Waals surface area contributed by atoms with Crippen molar-refractivity contribution >= 4 is 43.7 Å². The molecule has 24 heavy (non-hydrogen) atoms. The highest BCUT2D eigenvalue weighted by atomic mass is 79.9. The van der Waals surface area contributed by atoms with Crippen molar-refractivity contribution in [1.29, 1.82) is 0 Å². The van der Waals surface area contributed by atoms with Gasteiger partial charge in [-0.05, 0) is 49.6 Å². The lowest BCUT2D eigenvalue weighted by molar-refractivity contribution is 0.143. The molecule has 0 saturated carbocycles. The van der Waals surface area contributed by atoms with Crippen LogP contribution in [0.5, 0.6) is 0 Å². The zero-order valence-corrected chi connectivity index (χ0v) is 16.1. The number of nitrogens with one attached hydrogen (secondary N) is 1. The number of rotatable bonds is 3. The van der Waals surface area contributed by atoms with E-state index in [2.05, 4.69) is 64.2 Å². The summed E-state index contributed by atoms with van der Waals surface area (Å²) < 4.78 is 2.11. The summed E-state index contributed by atoms with van der Waals surface area (Å²) in [5.74, 6) is 0.477. The van der Waals surface area contributed by atoms with Crippen LogP contribution < -0.4 is 5.32 Å². The third kappa shape index (κ3) is 4.52. The normalized spacial score (nSPS) is 15.3. The van der Waals surface area contributed by atoms with E-state index in [0.717, 1.165) is 28.6 Å². The van der Waals surface area contributed by atoms with Gasteiger partial charge in [0.05, 0.1) is 6.20 Å². The Bertz CT molecular complexity index is 705. The summed E-state index contributed by atoms with van der Waals surface area (Å²) in [4.78, 5) is 24.4. The quantitative estimate of drug-likeness (QED) is 0.772. The van der Waals surface area contributed by atoms with E-state index in [9.17, 15) is 4.79 Å². The van der Waals surface area contributed by atoms with E-state index in [1.54, 1.807) is 18.6 Å². The Morgan fingerprint density at radius 3 is 2.58 bits per heavy atom. The lowest BCUT2D eigenvalue weighted by Crippen LogP contribution is -2.49. The maximum atomic E-state index is 12.2. The summed E-state index contributed by atoms with van der Waals surface area (Å²) in [6.07, 6.45) is 4.68. The molecule has 0 unspecified atom stereocenters. The molecule has 0 aliphatic carbocycles. The highest BCUT2D eigenvalue weighted by Gasteiger charge is 2.21. The second-order valence-corrected chi connectivity index (χ2v) is 7.24. The van der Waals surface area contributed by atoms with Crippen LogP contribution in [0.2, 0.25) is 0 Å². The fourth-order valence-corrected chi connectivity index (χ4v) is 3.23. The Labute approximate surface area is 157 Å². The molecule has 1 N–H and O–H groups in total. The van der Waals surface area contributed by atoms with Gasteiger partial charge in [-0.15, -0.1) is 0 Å². The van der Waals surface area contributed by atoms with Crippen molar-refractivity contribution in [2.24, 2.45) is 0 Å². The van der Waals surface area contributed by atoms with Gasteiger partial charge < -0.3 is 4.90 Å². The third-order valence-electron chi connectivity index (χ3n) is 3.85. The molecule has 0 bridgehead atoms. The van der Waals surface area contributed by atoms with Gasteiger partial charge in [-0.1, -0.05) is 6.07 Å². The van der Waals surface area contributed by atoms with Crippen molar-refractivity contribution < 1.29 is 4.79 Å². The Hall–Kier alpha value is -1.51. The molecule has 1 aliphatic heterocycles. The van der Waals surface area contributed by atoms with Crippen LogP contribution in [0.15, 0.2) is 45.7 Å². The number of carbonyl (C=O) groups excluding carboxylic acids is 1. The minimum Gasteiger partial charge on any atom is -0.322 e. The Balaban J connectivity index is 1.50. The van der Waals surface area contributed by atoms with Crippen LogP contribution in [0.3, 0.4) is 0 Å². The van der Waals surface area contributed by atoms with Crippen LogP contribution in [0.25, 0.3) is 0 Å². The molecule has 1 aromatic carbocycles. The minimum absolute atomic E-state index is 0.124. The molecule has 1 fully saturated rings. The van der Waals surface area contributed by atoms with Crippen LogP contribution in [0.1, 0.15) is 5.56 Å². The smallest absolute Gasteiger partial charge is 0.322 e. The Kier molecular flexibility index (Phi) is 5.80. The van der Waals surface area contributed by atoms with Gasteiger partial charge in [-0.25, -0.2) is 9.78 Å². The fraction of sp³-hybridized carbons (Fsp3) is 0.312. The van der Waals surface area contributed by atoms with E-state index < -0.39 is 0 Å². The predicted octanol–water partition coefficient (Wildman–Crippen LogP) is 3.35. The first-order valence-electron chi connectivity index (χ1n) is 7.60. The van der Waals surface area contributed by atoms with Crippen LogP contribution in [-0.2, 0) is 6.54 Å². The monoisotopic (exact) mass is 453 g/mol. The van der Waals surface area contributed by atoms with Gasteiger partial charge in [0.2, 0.25) is 0 Å². The van der Waals surface area contributed by atoms with Crippen LogP contribution in [-0.4, -0.2) is 52.0 Å². The van der Waals surface area contributed by atoms with Gasteiger partial charge in [0.1, 0.15) is 0 Å². The number of carbonyl (C=O) groups is 1. The first-order chi connectivity index (χ1) is 11.6. The predicted molar refractivity (Wildman–Crippen MR) is 99.7 cm³/mol. The highest BCUT2D eigenvalue weighted by Crippen LogP contribution is 2.24. The summed E-state index contributed by atoms with van der Waals surface area (Å²) in [6.45, 7) is 3.97. The average molecular weight is 455 g/mol. The van der Waals surface area contributed by atoms with Crippen molar-refractivity contribution in [2.45, 2.75) is 6.54 Å². The molecule has 3 rings (SSSR count). The third-order valence-corrected chi connectivity index (χ3v) is 5.73. The number of anilines is 1. The molecular weight excluding hydrogens is 438 g/mol. The van der Waals surface area contributed by atoms with E-state index in [1.165, 1.54) is 5.56 Å². The van der Waals surface area contributed by atoms with Crippen LogP contribution in [0, 0.1) is 0 Å². The maximum absolute atomic E-state index is 12.2. The lowest BCUT2D eigenvalue weighted by Gasteiger charge is -2.34. The van der Waals surface area contributed by atoms with E-state index in [1.807, 2.05) is 11.0 Å². The second-order valence-electron chi connectivity index (χ2n) is 5.53. The molecule has 0 radical (unpaired) electrons. The van der Waals surface area contributed by atoms with Crippen molar-refractivity contribution in [2.75, 3.05) is 31.5 Å². The zero-order chi connectivity index (χ0) is 16.9. The van der Waals surface area contributed by atoms with Gasteiger partial charge in [0.15, 0.2) is 5.82 Å². The number of aromatic nitrogens is 2. The van der Waals surface area contributed by atoms with Crippen LogP contribution in [0.4, 0.5) is 10.6 Å². The van der Waals surface area contributed by atoms with Gasteiger partial charge >= 0.3 is 6.03 Å². The molecular formula is C16H17Br2N5O. The lowest BCUT2D eigenvalue weighted by atomic mass is 10.2. The first-order valence-corrected chi connectivity index (χ1v) is 9.18. The Morgan fingerprint density at radius 2 is 1.92 bits per heavy atom. The minimum atomic E-state index is -0.124. The molecule has 126 valence electrons. The number of benzene rings is 1. The molecule has 8 heteroatoms. The topological polar surface area (TPSA) is 61.4 Å². The molecule has 1 aliphatic rings. The molecule has 2 heterocycles. The summed E-state index contributed by atoms with van der Waals surface area (Å²) in [5.41, 5.74) is 1.25. The molecule has 1 saturated heterocycles. The summed E-state index contributed by atoms with van der Waals surface area (Å²) >= 11 is 7.02. The molecule has 2 aromatic rings. The van der Waals surface area contributed by atoms with E-state index >= 15 is 0 Å². The first kappa shape index (κ1) is 17.3. The number of nitrogens with zero attached hydrogens (tertiary/aromatic N) is 4. The summed E-state index contributed by atoms with van der Waals surface area (Å²) in [7, 11) is 0. The summed E-state index contributed by atoms with van der Waals surface area (Å²) in [5, 5.41) is 2.77. The summed E-state index contributed by atoms with van der Waals surface area (Å²) in [6, 6.07) is 6.16. The molecule has 6 nitrogen and oxygen atoms in total. The van der Waals surface area contributed by atoms with E-state index in [0.29, 0.717) is 18.9 Å². The van der Waals surface area contributed by atoms with Crippen molar-refractivity contribution in [3.05, 3.63) is 51.3 Å². The highest BCUT2D eigenvalue weighted by molar-refractivity contribution is 9.13. The van der Waals surface area contributed by atoms with E-state index in [4.69, 9.17) is 0 Å². The van der Waals surface area contributed by atoms with Crippen LogP contribution >= 0.6 is 31.9 Å². The van der Waals surface area contributed by atoms with Gasteiger partial charge in [-0.3, -0.25) is 15.2 Å². The Morgan fingerprint density at radius 1 is 1.12 bits per heavy atom. The van der Waals surface area contributed by atoms with Gasteiger partial charge in [0, 0.05) is 54.1 Å². The number of halogens is 2. The number of urea groups is 1. The largest absolute Gasteiger partial charge is 0.323 e. The van der Waals surface area contributed by atoms with Crippen molar-refractivity contribution in [3.8, 4) is 0 Å². The zero-order valence-electron chi connectivity index (χ0n) is 13.0. The molecule has 1 aromatic heterocycles. The standard InChI is InChI=1S/C16H17Br2N5O/c17-13-2-1-12(9-14(13)18)11-22-5-7-23(8-6-22)16(24)21-15-10-19-3-4-20-15/h1-4,9-10H,5-8,11H2,(H,20,21,24). The number of amides is 2. The van der Waals surface area contributed by atoms with E-state index in [-0.39, 0.29) is 6.03 Å². The second kappa shape index (κ2) is 8.04. The number of hydrogen-bond acceptors (Lipinski definition) is 4. The number of piperazine rings is 1. The molecule has 2 amide bonds.